The van der Waals surface area contributed by atoms with Gasteiger partial charge in [0.2, 0.25) is 0 Å². The minimum absolute atomic E-state index is 0.102. The lowest BCUT2D eigenvalue weighted by atomic mass is 9.87. The summed E-state index contributed by atoms with van der Waals surface area (Å²) in [5.74, 6) is 6.62. The van der Waals surface area contributed by atoms with Crippen LogP contribution in [0.1, 0.15) is 42.9 Å². The fourth-order valence-electron chi connectivity index (χ4n) is 3.31. The fourth-order valence-corrected chi connectivity index (χ4v) is 3.31. The van der Waals surface area contributed by atoms with Gasteiger partial charge >= 0.3 is 0 Å². The Labute approximate surface area is 125 Å². The van der Waals surface area contributed by atoms with Crippen LogP contribution in [0.2, 0.25) is 0 Å². The highest BCUT2D eigenvalue weighted by atomic mass is 16.1. The van der Waals surface area contributed by atoms with Crippen LogP contribution in [-0.4, -0.2) is 10.8 Å². The first-order chi connectivity index (χ1) is 10.2. The van der Waals surface area contributed by atoms with Crippen LogP contribution in [-0.2, 0) is 4.79 Å². The van der Waals surface area contributed by atoms with Gasteiger partial charge in [0.15, 0.2) is 0 Å². The summed E-state index contributed by atoms with van der Waals surface area (Å²) in [6.07, 6.45) is 9.04. The van der Waals surface area contributed by atoms with E-state index in [0.717, 1.165) is 36.1 Å². The van der Waals surface area contributed by atoms with Gasteiger partial charge in [-0.1, -0.05) is 36.4 Å². The molecule has 4 nitrogen and oxygen atoms in total. The second kappa shape index (κ2) is 5.74. The summed E-state index contributed by atoms with van der Waals surface area (Å²) in [6, 6.07) is 7.88. The van der Waals surface area contributed by atoms with Crippen molar-refractivity contribution in [1.29, 1.82) is 0 Å². The zero-order valence-electron chi connectivity index (χ0n) is 12.0. The first-order valence-corrected chi connectivity index (χ1v) is 7.45. The number of allylic oxidation sites excluding steroid dienone is 2. The van der Waals surface area contributed by atoms with Gasteiger partial charge in [-0.3, -0.25) is 4.79 Å². The number of rotatable bonds is 3. The van der Waals surface area contributed by atoms with E-state index in [2.05, 4.69) is 12.2 Å². The zero-order chi connectivity index (χ0) is 14.8. The molecule has 1 aromatic carbocycles. The summed E-state index contributed by atoms with van der Waals surface area (Å²) < 4.78 is 0. The molecule has 0 aromatic heterocycles. The molecule has 1 aliphatic heterocycles. The molecule has 0 fully saturated rings. The van der Waals surface area contributed by atoms with Crippen LogP contribution in [0.25, 0.3) is 5.70 Å². The third-order valence-corrected chi connectivity index (χ3v) is 4.49. The molecule has 1 heterocycles. The van der Waals surface area contributed by atoms with E-state index < -0.39 is 0 Å². The Hall–Kier alpha value is -2.07. The molecule has 0 amide bonds. The van der Waals surface area contributed by atoms with Crippen LogP contribution in [0.3, 0.4) is 0 Å². The molecule has 110 valence electrons. The maximum absolute atomic E-state index is 12.5. The third-order valence-electron chi connectivity index (χ3n) is 4.49. The smallest absolute Gasteiger partial charge is 0.138 e. The second-order valence-electron chi connectivity index (χ2n) is 5.71. The Morgan fingerprint density at radius 3 is 2.86 bits per heavy atom. The summed E-state index contributed by atoms with van der Waals surface area (Å²) in [5, 5.41) is 1.64. The number of nitrogens with zero attached hydrogens (tertiary/aromatic N) is 1. The number of fused-ring (bicyclic) bond motifs is 1. The number of carbonyl (C=O) groups excluding carboxylic acids is 1. The number of hydrazine groups is 1. The van der Waals surface area contributed by atoms with Crippen LogP contribution < -0.4 is 11.6 Å². The van der Waals surface area contributed by atoms with Crippen molar-refractivity contribution in [1.82, 2.24) is 5.01 Å². The molecule has 0 saturated heterocycles. The maximum atomic E-state index is 12.5. The zero-order valence-corrected chi connectivity index (χ0v) is 12.0. The Morgan fingerprint density at radius 1 is 1.33 bits per heavy atom. The Kier molecular flexibility index (Phi) is 3.80. The predicted molar refractivity (Wildman–Crippen MR) is 83.5 cm³/mol. The van der Waals surface area contributed by atoms with Crippen molar-refractivity contribution in [2.75, 3.05) is 0 Å². The largest absolute Gasteiger partial charge is 0.403 e. The van der Waals surface area contributed by atoms with Gasteiger partial charge in [0.05, 0.1) is 11.7 Å². The Morgan fingerprint density at radius 2 is 2.14 bits per heavy atom. The number of Topliss-reactive ketones (excluding diaryl/α,β-unsaturated/α-hetero) is 1. The highest BCUT2D eigenvalue weighted by Gasteiger charge is 2.34. The van der Waals surface area contributed by atoms with Crippen molar-refractivity contribution in [3.05, 3.63) is 53.7 Å². The molecule has 2 atom stereocenters. The van der Waals surface area contributed by atoms with E-state index in [9.17, 15) is 4.79 Å². The van der Waals surface area contributed by atoms with Crippen molar-refractivity contribution in [2.24, 2.45) is 17.5 Å². The molecule has 0 bridgehead atoms. The van der Waals surface area contributed by atoms with Gasteiger partial charge in [-0.05, 0) is 24.8 Å². The molecule has 2 unspecified atom stereocenters. The topological polar surface area (TPSA) is 72.4 Å². The van der Waals surface area contributed by atoms with Crippen molar-refractivity contribution in [2.45, 2.75) is 31.7 Å². The molecule has 0 saturated carbocycles. The summed E-state index contributed by atoms with van der Waals surface area (Å²) >= 11 is 0. The molecule has 3 rings (SSSR count). The van der Waals surface area contributed by atoms with Gasteiger partial charge < -0.3 is 10.7 Å². The van der Waals surface area contributed by atoms with Crippen molar-refractivity contribution in [3.8, 4) is 0 Å². The maximum Gasteiger partial charge on any atom is 0.138 e. The van der Waals surface area contributed by atoms with Crippen LogP contribution in [0.4, 0.5) is 0 Å². The quantitative estimate of drug-likeness (QED) is 0.660. The lowest BCUT2D eigenvalue weighted by Gasteiger charge is -2.24. The van der Waals surface area contributed by atoms with Crippen LogP contribution in [0.15, 0.2) is 42.6 Å². The average molecular weight is 283 g/mol. The van der Waals surface area contributed by atoms with Crippen molar-refractivity contribution >= 4 is 11.5 Å². The molecular weight excluding hydrogens is 262 g/mol. The van der Waals surface area contributed by atoms with E-state index in [0.29, 0.717) is 12.2 Å². The molecule has 0 radical (unpaired) electrons. The predicted octanol–water partition coefficient (Wildman–Crippen LogP) is 2.49. The summed E-state index contributed by atoms with van der Waals surface area (Å²) in [7, 11) is 0. The second-order valence-corrected chi connectivity index (χ2v) is 5.71. The van der Waals surface area contributed by atoms with E-state index in [1.54, 1.807) is 5.01 Å². The standard InChI is InChI=1S/C17H21N3O/c18-11-16-14-9-5-4-8-13(14)15(20(16)19)10-17(21)12-6-2-1-3-7-12/h1-2,4-5,8-9,11-12,15H,3,6-7,10,18-19H2/b16-11-. The van der Waals surface area contributed by atoms with Gasteiger partial charge in [-0.2, -0.15) is 0 Å². The summed E-state index contributed by atoms with van der Waals surface area (Å²) in [4.78, 5) is 12.5. The molecule has 1 aromatic rings. The minimum Gasteiger partial charge on any atom is -0.403 e. The van der Waals surface area contributed by atoms with Gasteiger partial charge in [0, 0.05) is 24.1 Å². The summed E-state index contributed by atoms with van der Waals surface area (Å²) in [6.45, 7) is 0. The number of nitrogens with two attached hydrogens (primary N) is 2. The van der Waals surface area contributed by atoms with Gasteiger partial charge in [0.1, 0.15) is 5.78 Å². The number of hydrogen-bond acceptors (Lipinski definition) is 4. The van der Waals surface area contributed by atoms with E-state index in [1.807, 2.05) is 24.3 Å². The SMILES string of the molecule is N/C=C1/c2ccccc2C(CC(=O)C2CC=CCC2)N1N. The molecule has 21 heavy (non-hydrogen) atoms. The molecule has 4 N–H and O–H groups in total. The van der Waals surface area contributed by atoms with Crippen molar-refractivity contribution in [3.63, 3.8) is 0 Å². The van der Waals surface area contributed by atoms with E-state index in [-0.39, 0.29) is 12.0 Å². The lowest BCUT2D eigenvalue weighted by Crippen LogP contribution is -2.31. The van der Waals surface area contributed by atoms with E-state index >= 15 is 0 Å². The van der Waals surface area contributed by atoms with E-state index in [1.165, 1.54) is 6.20 Å². The number of hydrogen-bond donors (Lipinski definition) is 2. The summed E-state index contributed by atoms with van der Waals surface area (Å²) in [5.41, 5.74) is 8.62. The van der Waals surface area contributed by atoms with Crippen LogP contribution in [0.5, 0.6) is 0 Å². The first kappa shape index (κ1) is 13.9. The molecule has 0 spiro atoms. The highest BCUT2D eigenvalue weighted by Crippen LogP contribution is 2.41. The van der Waals surface area contributed by atoms with Crippen LogP contribution in [0, 0.1) is 5.92 Å². The number of benzene rings is 1. The normalized spacial score (nSPS) is 26.1. The highest BCUT2D eigenvalue weighted by molar-refractivity contribution is 5.83. The third kappa shape index (κ3) is 2.47. The lowest BCUT2D eigenvalue weighted by molar-refractivity contribution is -0.124. The molecule has 1 aliphatic carbocycles. The van der Waals surface area contributed by atoms with E-state index in [4.69, 9.17) is 11.6 Å². The van der Waals surface area contributed by atoms with Gasteiger partial charge in [-0.15, -0.1) is 0 Å². The minimum atomic E-state index is -0.102. The average Bonchev–Trinajstić information content (AvgIpc) is 2.80. The molecule has 4 heteroatoms. The Balaban J connectivity index is 1.82. The van der Waals surface area contributed by atoms with Gasteiger partial charge in [-0.25, -0.2) is 5.84 Å². The fraction of sp³-hybridized carbons (Fsp3) is 0.353. The number of carbonyl (C=O) groups is 1. The Bertz CT molecular complexity index is 606. The first-order valence-electron chi connectivity index (χ1n) is 7.45. The monoisotopic (exact) mass is 283 g/mol. The van der Waals surface area contributed by atoms with Crippen LogP contribution >= 0.6 is 0 Å². The van der Waals surface area contributed by atoms with Gasteiger partial charge in [0.25, 0.3) is 0 Å². The number of ketones is 1. The molecule has 2 aliphatic rings. The molecular formula is C17H21N3O. The van der Waals surface area contributed by atoms with Crippen molar-refractivity contribution < 1.29 is 4.79 Å².